The normalized spacial score (nSPS) is 27.0. The molecular weight excluding hydrogens is 232 g/mol. The molecule has 1 aliphatic heterocycles. The summed E-state index contributed by atoms with van der Waals surface area (Å²) >= 11 is 7.51. The van der Waals surface area contributed by atoms with Gasteiger partial charge in [-0.05, 0) is 13.8 Å². The Morgan fingerprint density at radius 2 is 2.53 bits per heavy atom. The molecule has 0 aromatic carbocycles. The van der Waals surface area contributed by atoms with Crippen molar-refractivity contribution >= 4 is 28.1 Å². The average Bonchev–Trinajstić information content (AvgIpc) is 2.65. The van der Waals surface area contributed by atoms with Crippen LogP contribution in [0.3, 0.4) is 0 Å². The zero-order valence-electron chi connectivity index (χ0n) is 8.94. The van der Waals surface area contributed by atoms with Gasteiger partial charge in [0.1, 0.15) is 0 Å². The van der Waals surface area contributed by atoms with Gasteiger partial charge in [0, 0.05) is 11.9 Å². The molecular formula is C10H15ClN2OS. The van der Waals surface area contributed by atoms with Crippen molar-refractivity contribution < 1.29 is 4.74 Å². The number of ether oxygens (including phenoxy) is 1. The predicted octanol–water partition coefficient (Wildman–Crippen LogP) is 2.28. The van der Waals surface area contributed by atoms with Gasteiger partial charge >= 0.3 is 0 Å². The fraction of sp³-hybridized carbons (Fsp3) is 0.700. The fourth-order valence-electron chi connectivity index (χ4n) is 1.65. The molecule has 15 heavy (non-hydrogen) atoms. The second-order valence-corrected chi connectivity index (χ2v) is 5.03. The minimum Gasteiger partial charge on any atom is -0.373 e. The van der Waals surface area contributed by atoms with E-state index in [1.54, 1.807) is 11.3 Å². The molecule has 5 heteroatoms. The second-order valence-electron chi connectivity index (χ2n) is 3.88. The first-order valence-corrected chi connectivity index (χ1v) is 6.48. The minimum atomic E-state index is 0.132. The zero-order chi connectivity index (χ0) is 10.8. The van der Waals surface area contributed by atoms with Gasteiger partial charge in [-0.15, -0.1) is 22.9 Å². The Hall–Kier alpha value is -0.320. The molecule has 1 aromatic rings. The molecule has 2 atom stereocenters. The van der Waals surface area contributed by atoms with E-state index in [1.807, 2.05) is 6.92 Å². The van der Waals surface area contributed by atoms with Crippen LogP contribution in [-0.4, -0.2) is 36.2 Å². The molecule has 2 rings (SSSR count). The summed E-state index contributed by atoms with van der Waals surface area (Å²) in [7, 11) is 0. The Labute approximate surface area is 99.0 Å². The molecule has 0 spiro atoms. The first kappa shape index (κ1) is 11.2. The Morgan fingerprint density at radius 1 is 1.73 bits per heavy atom. The highest BCUT2D eigenvalue weighted by atomic mass is 35.5. The number of anilines is 1. The maximum atomic E-state index is 5.82. The molecule has 0 radical (unpaired) electrons. The van der Waals surface area contributed by atoms with Crippen molar-refractivity contribution in [3.63, 3.8) is 0 Å². The van der Waals surface area contributed by atoms with E-state index < -0.39 is 0 Å². The lowest BCUT2D eigenvalue weighted by Gasteiger charge is -2.37. The zero-order valence-corrected chi connectivity index (χ0v) is 10.5. The van der Waals surface area contributed by atoms with E-state index in [1.165, 1.54) is 0 Å². The van der Waals surface area contributed by atoms with Crippen LogP contribution >= 0.6 is 22.9 Å². The van der Waals surface area contributed by atoms with Crippen molar-refractivity contribution in [2.75, 3.05) is 23.9 Å². The van der Waals surface area contributed by atoms with Crippen LogP contribution in [0.25, 0.3) is 0 Å². The van der Waals surface area contributed by atoms with Gasteiger partial charge in [0.2, 0.25) is 0 Å². The van der Waals surface area contributed by atoms with Crippen LogP contribution in [0.1, 0.15) is 12.6 Å². The second kappa shape index (κ2) is 4.68. The van der Waals surface area contributed by atoms with E-state index in [0.717, 1.165) is 24.0 Å². The van der Waals surface area contributed by atoms with E-state index in [0.29, 0.717) is 11.9 Å². The molecule has 0 N–H and O–H groups in total. The maximum absolute atomic E-state index is 5.82. The van der Waals surface area contributed by atoms with Crippen LogP contribution in [0, 0.1) is 6.92 Å². The van der Waals surface area contributed by atoms with Crippen molar-refractivity contribution in [2.24, 2.45) is 0 Å². The fourth-order valence-corrected chi connectivity index (χ4v) is 2.75. The summed E-state index contributed by atoms with van der Waals surface area (Å²) in [5.41, 5.74) is 1.08. The van der Waals surface area contributed by atoms with Gasteiger partial charge in [-0.2, -0.15) is 0 Å². The van der Waals surface area contributed by atoms with E-state index >= 15 is 0 Å². The molecule has 1 saturated heterocycles. The summed E-state index contributed by atoms with van der Waals surface area (Å²) < 4.78 is 5.60. The van der Waals surface area contributed by atoms with Crippen LogP contribution in [-0.2, 0) is 4.74 Å². The van der Waals surface area contributed by atoms with E-state index in [4.69, 9.17) is 16.3 Å². The number of thiazole rings is 1. The smallest absolute Gasteiger partial charge is 0.185 e. The molecule has 3 nitrogen and oxygen atoms in total. The van der Waals surface area contributed by atoms with Gasteiger partial charge in [0.25, 0.3) is 0 Å². The molecule has 0 saturated carbocycles. The molecule has 0 amide bonds. The monoisotopic (exact) mass is 246 g/mol. The molecule has 0 aliphatic carbocycles. The van der Waals surface area contributed by atoms with Gasteiger partial charge in [-0.3, -0.25) is 0 Å². The average molecular weight is 247 g/mol. The number of alkyl halides is 1. The number of hydrogen-bond donors (Lipinski definition) is 0. The molecule has 0 bridgehead atoms. The number of aryl methyl sites for hydroxylation is 1. The van der Waals surface area contributed by atoms with Crippen LogP contribution in [0.15, 0.2) is 5.38 Å². The summed E-state index contributed by atoms with van der Waals surface area (Å²) in [5, 5.41) is 3.16. The summed E-state index contributed by atoms with van der Waals surface area (Å²) in [6.45, 7) is 5.75. The van der Waals surface area contributed by atoms with Crippen LogP contribution < -0.4 is 4.90 Å². The quantitative estimate of drug-likeness (QED) is 0.749. The maximum Gasteiger partial charge on any atom is 0.185 e. The van der Waals surface area contributed by atoms with Crippen LogP contribution in [0.5, 0.6) is 0 Å². The van der Waals surface area contributed by atoms with Crippen molar-refractivity contribution in [1.29, 1.82) is 0 Å². The molecule has 84 valence electrons. The number of aromatic nitrogens is 1. The highest BCUT2D eigenvalue weighted by molar-refractivity contribution is 7.13. The highest BCUT2D eigenvalue weighted by Gasteiger charge is 2.27. The first-order chi connectivity index (χ1) is 7.20. The number of nitrogens with zero attached hydrogens (tertiary/aromatic N) is 2. The van der Waals surface area contributed by atoms with Crippen LogP contribution in [0.2, 0.25) is 0 Å². The Balaban J connectivity index is 2.12. The summed E-state index contributed by atoms with van der Waals surface area (Å²) in [4.78, 5) is 6.79. The molecule has 2 unspecified atom stereocenters. The lowest BCUT2D eigenvalue weighted by molar-refractivity contribution is 0.0364. The molecule has 1 fully saturated rings. The SMILES string of the molecule is Cc1csc(N2CC(CCl)OCC2C)n1. The third-order valence-electron chi connectivity index (χ3n) is 2.53. The topological polar surface area (TPSA) is 25.4 Å². The first-order valence-electron chi connectivity index (χ1n) is 5.07. The third-order valence-corrected chi connectivity index (χ3v) is 3.87. The van der Waals surface area contributed by atoms with E-state index in [9.17, 15) is 0 Å². The standard InChI is InChI=1S/C10H15ClN2OS/c1-7-6-15-10(12-7)13-4-9(3-11)14-5-8(13)2/h6,8-9H,3-5H2,1-2H3. The molecule has 1 aromatic heterocycles. The Kier molecular flexibility index (Phi) is 3.49. The summed E-state index contributed by atoms with van der Waals surface area (Å²) in [6, 6.07) is 0.384. The number of rotatable bonds is 2. The third kappa shape index (κ3) is 2.44. The van der Waals surface area contributed by atoms with E-state index in [2.05, 4.69) is 22.2 Å². The van der Waals surface area contributed by atoms with Gasteiger partial charge in [-0.25, -0.2) is 4.98 Å². The molecule has 1 aliphatic rings. The summed E-state index contributed by atoms with van der Waals surface area (Å²) in [6.07, 6.45) is 0.132. The van der Waals surface area contributed by atoms with Gasteiger partial charge in [0.05, 0.1) is 30.3 Å². The lowest BCUT2D eigenvalue weighted by Crippen LogP contribution is -2.49. The van der Waals surface area contributed by atoms with Crippen molar-refractivity contribution in [1.82, 2.24) is 4.98 Å². The number of hydrogen-bond acceptors (Lipinski definition) is 4. The van der Waals surface area contributed by atoms with Gasteiger partial charge in [0.15, 0.2) is 5.13 Å². The Morgan fingerprint density at radius 3 is 3.13 bits per heavy atom. The summed E-state index contributed by atoms with van der Waals surface area (Å²) in [5.74, 6) is 0.549. The van der Waals surface area contributed by atoms with Crippen molar-refractivity contribution in [3.8, 4) is 0 Å². The van der Waals surface area contributed by atoms with E-state index in [-0.39, 0.29) is 6.10 Å². The lowest BCUT2D eigenvalue weighted by atomic mass is 10.2. The van der Waals surface area contributed by atoms with Gasteiger partial charge < -0.3 is 9.64 Å². The van der Waals surface area contributed by atoms with Crippen LogP contribution in [0.4, 0.5) is 5.13 Å². The Bertz CT molecular complexity index is 331. The van der Waals surface area contributed by atoms with Crippen molar-refractivity contribution in [3.05, 3.63) is 11.1 Å². The van der Waals surface area contributed by atoms with Gasteiger partial charge in [-0.1, -0.05) is 0 Å². The minimum absolute atomic E-state index is 0.132. The highest BCUT2D eigenvalue weighted by Crippen LogP contribution is 2.25. The van der Waals surface area contributed by atoms with Crippen molar-refractivity contribution in [2.45, 2.75) is 26.0 Å². The number of halogens is 1. The largest absolute Gasteiger partial charge is 0.373 e. The number of morpholine rings is 1. The predicted molar refractivity (Wildman–Crippen MR) is 64.1 cm³/mol. The molecule has 2 heterocycles.